The number of fused-ring (bicyclic) bond motifs is 1. The van der Waals surface area contributed by atoms with Crippen LogP contribution in [0.4, 0.5) is 11.4 Å². The van der Waals surface area contributed by atoms with Crippen LogP contribution in [0.3, 0.4) is 0 Å². The molecule has 2 N–H and O–H groups in total. The van der Waals surface area contributed by atoms with E-state index >= 15 is 0 Å². The van der Waals surface area contributed by atoms with Crippen molar-refractivity contribution in [2.45, 2.75) is 0 Å². The molecule has 1 aromatic carbocycles. The van der Waals surface area contributed by atoms with Gasteiger partial charge in [-0.05, 0) is 18.2 Å². The first kappa shape index (κ1) is 15.9. The van der Waals surface area contributed by atoms with Gasteiger partial charge in [-0.25, -0.2) is 0 Å². The molecule has 12 nitrogen and oxygen atoms in total. The minimum atomic E-state index is -1.16. The van der Waals surface area contributed by atoms with Crippen LogP contribution in [0.5, 0.6) is 17.4 Å². The standard InChI is InChI=1S/C13H8N4O8/c18-12-11(17(22)23)13(19)15-10(14-12)2-1-6-3-8-9(25-5-24-8)4-7(6)16(20)21/h1-4H,5H2,(H2,14,15,18,19)/b2-1+. The summed E-state index contributed by atoms with van der Waals surface area (Å²) >= 11 is 0. The van der Waals surface area contributed by atoms with Crippen LogP contribution in [0.25, 0.3) is 12.2 Å². The molecule has 1 aromatic heterocycles. The molecule has 0 bridgehead atoms. The van der Waals surface area contributed by atoms with Crippen molar-refractivity contribution in [2.24, 2.45) is 0 Å². The Hall–Kier alpha value is -3.96. The van der Waals surface area contributed by atoms with Crippen LogP contribution in [0.2, 0.25) is 0 Å². The zero-order chi connectivity index (χ0) is 18.1. The fraction of sp³-hybridized carbons (Fsp3) is 0.0769. The molecule has 2 heterocycles. The predicted octanol–water partition coefficient (Wildman–Crippen LogP) is 1.19. The van der Waals surface area contributed by atoms with Gasteiger partial charge in [-0.1, -0.05) is 0 Å². The predicted molar refractivity (Wildman–Crippen MR) is 81.3 cm³/mol. The van der Waals surface area contributed by atoms with Gasteiger partial charge in [0, 0.05) is 0 Å². The lowest BCUT2D eigenvalue weighted by Gasteiger charge is -2.01. The Labute approximate surface area is 137 Å². The molecule has 25 heavy (non-hydrogen) atoms. The van der Waals surface area contributed by atoms with Crippen LogP contribution < -0.4 is 15.0 Å². The number of nitro groups is 2. The smallest absolute Gasteiger partial charge is 0.395 e. The summed E-state index contributed by atoms with van der Waals surface area (Å²) in [6.07, 6.45) is 2.39. The molecular formula is C13H8N4O8. The maximum atomic E-state index is 11.6. The maximum absolute atomic E-state index is 11.6. The minimum Gasteiger partial charge on any atom is -0.488 e. The van der Waals surface area contributed by atoms with Gasteiger partial charge in [0.1, 0.15) is 5.82 Å². The Morgan fingerprint density at radius 3 is 2.44 bits per heavy atom. The van der Waals surface area contributed by atoms with Gasteiger partial charge in [0.15, 0.2) is 11.5 Å². The number of nitrogens with one attached hydrogen (secondary N) is 1. The van der Waals surface area contributed by atoms with Gasteiger partial charge in [-0.2, -0.15) is 4.98 Å². The summed E-state index contributed by atoms with van der Waals surface area (Å²) < 4.78 is 10.2. The largest absolute Gasteiger partial charge is 0.488 e. The van der Waals surface area contributed by atoms with Gasteiger partial charge in [-0.3, -0.25) is 25.0 Å². The summed E-state index contributed by atoms with van der Waals surface area (Å²) in [5.74, 6) is -0.754. The van der Waals surface area contributed by atoms with Gasteiger partial charge in [0.05, 0.1) is 21.5 Å². The Morgan fingerprint density at radius 1 is 1.16 bits per heavy atom. The van der Waals surface area contributed by atoms with Crippen LogP contribution in [-0.2, 0) is 0 Å². The number of rotatable bonds is 4. The zero-order valence-electron chi connectivity index (χ0n) is 12.2. The molecule has 0 atom stereocenters. The van der Waals surface area contributed by atoms with Gasteiger partial charge in [-0.15, -0.1) is 0 Å². The third-order valence-electron chi connectivity index (χ3n) is 3.22. The van der Waals surface area contributed by atoms with E-state index in [4.69, 9.17) is 9.47 Å². The molecule has 0 amide bonds. The quantitative estimate of drug-likeness (QED) is 0.608. The lowest BCUT2D eigenvalue weighted by atomic mass is 10.1. The van der Waals surface area contributed by atoms with Gasteiger partial charge in [0.25, 0.3) is 11.6 Å². The number of hydrogen-bond donors (Lipinski definition) is 2. The van der Waals surface area contributed by atoms with E-state index in [0.717, 1.165) is 6.08 Å². The highest BCUT2D eigenvalue weighted by Crippen LogP contribution is 2.38. The third kappa shape index (κ3) is 2.95. The minimum absolute atomic E-state index is 0.0647. The van der Waals surface area contributed by atoms with Crippen molar-refractivity contribution < 1.29 is 24.4 Å². The number of aromatic hydroxyl groups is 1. The molecule has 2 aromatic rings. The number of nitro benzene ring substituents is 1. The monoisotopic (exact) mass is 348 g/mol. The van der Waals surface area contributed by atoms with E-state index in [0.29, 0.717) is 5.75 Å². The Kier molecular flexibility index (Phi) is 3.77. The SMILES string of the molecule is O=c1[nH]c(/C=C/c2cc3c(cc2[N+](=O)[O-])OCO3)nc(O)c1[N+](=O)[O-]. The second-order valence-electron chi connectivity index (χ2n) is 4.74. The number of aromatic nitrogens is 2. The first-order chi connectivity index (χ1) is 11.9. The van der Waals surface area contributed by atoms with Crippen molar-refractivity contribution in [3.05, 3.63) is 54.1 Å². The first-order valence-electron chi connectivity index (χ1n) is 6.60. The Morgan fingerprint density at radius 2 is 1.84 bits per heavy atom. The van der Waals surface area contributed by atoms with Crippen molar-refractivity contribution in [1.82, 2.24) is 9.97 Å². The second-order valence-corrected chi connectivity index (χ2v) is 4.74. The van der Waals surface area contributed by atoms with E-state index < -0.39 is 27.0 Å². The van der Waals surface area contributed by atoms with Gasteiger partial charge in [0.2, 0.25) is 6.79 Å². The first-order valence-corrected chi connectivity index (χ1v) is 6.60. The number of aromatic amines is 1. The van der Waals surface area contributed by atoms with Crippen molar-refractivity contribution in [1.29, 1.82) is 0 Å². The molecule has 0 radical (unpaired) electrons. The van der Waals surface area contributed by atoms with Crippen LogP contribution in [0, 0.1) is 20.2 Å². The molecule has 3 rings (SSSR count). The third-order valence-corrected chi connectivity index (χ3v) is 3.22. The lowest BCUT2D eigenvalue weighted by Crippen LogP contribution is -2.14. The van der Waals surface area contributed by atoms with E-state index in [1.54, 1.807) is 0 Å². The second kappa shape index (κ2) is 5.92. The topological polar surface area (TPSA) is 171 Å². The molecule has 0 saturated heterocycles. The molecule has 12 heteroatoms. The number of benzene rings is 1. The summed E-state index contributed by atoms with van der Waals surface area (Å²) in [6.45, 7) is -0.0647. The van der Waals surface area contributed by atoms with E-state index in [2.05, 4.69) is 9.97 Å². The van der Waals surface area contributed by atoms with Crippen molar-refractivity contribution >= 4 is 23.5 Å². The molecule has 0 saturated carbocycles. The highest BCUT2D eigenvalue weighted by molar-refractivity contribution is 5.75. The molecule has 0 fully saturated rings. The highest BCUT2D eigenvalue weighted by atomic mass is 16.7. The summed E-state index contributed by atoms with van der Waals surface area (Å²) in [5.41, 5.74) is -2.41. The average molecular weight is 348 g/mol. The van der Waals surface area contributed by atoms with Crippen LogP contribution in [0.15, 0.2) is 16.9 Å². The van der Waals surface area contributed by atoms with Gasteiger partial charge >= 0.3 is 11.2 Å². The van der Waals surface area contributed by atoms with Crippen molar-refractivity contribution in [3.63, 3.8) is 0 Å². The van der Waals surface area contributed by atoms with Crippen LogP contribution >= 0.6 is 0 Å². The molecule has 0 aliphatic carbocycles. The summed E-state index contributed by atoms with van der Waals surface area (Å²) in [4.78, 5) is 37.2. The number of nitrogens with zero attached hydrogens (tertiary/aromatic N) is 3. The zero-order valence-corrected chi connectivity index (χ0v) is 12.2. The Bertz CT molecular complexity index is 981. The Balaban J connectivity index is 2.02. The van der Waals surface area contributed by atoms with E-state index in [1.807, 2.05) is 0 Å². The lowest BCUT2D eigenvalue weighted by molar-refractivity contribution is -0.387. The van der Waals surface area contributed by atoms with E-state index in [9.17, 15) is 30.1 Å². The summed E-state index contributed by atoms with van der Waals surface area (Å²) in [5, 5.41) is 31.2. The molecule has 128 valence electrons. The van der Waals surface area contributed by atoms with Crippen molar-refractivity contribution in [2.75, 3.05) is 6.79 Å². The average Bonchev–Trinajstić information content (AvgIpc) is 2.98. The number of hydrogen-bond acceptors (Lipinski definition) is 9. The fourth-order valence-corrected chi connectivity index (χ4v) is 2.12. The molecule has 0 spiro atoms. The normalized spacial score (nSPS) is 12.5. The van der Waals surface area contributed by atoms with Crippen LogP contribution in [0.1, 0.15) is 11.4 Å². The molecular weight excluding hydrogens is 340 g/mol. The molecule has 1 aliphatic heterocycles. The maximum Gasteiger partial charge on any atom is 0.395 e. The molecule has 0 unspecified atom stereocenters. The molecule has 1 aliphatic rings. The number of H-pyrrole nitrogens is 1. The number of ether oxygens (including phenoxy) is 2. The van der Waals surface area contributed by atoms with Crippen LogP contribution in [-0.4, -0.2) is 31.7 Å². The van der Waals surface area contributed by atoms with E-state index in [-0.39, 0.29) is 29.6 Å². The summed E-state index contributed by atoms with van der Waals surface area (Å²) in [6, 6.07) is 2.55. The van der Waals surface area contributed by atoms with Crippen molar-refractivity contribution in [3.8, 4) is 17.4 Å². The van der Waals surface area contributed by atoms with Gasteiger partial charge < -0.3 is 19.6 Å². The van der Waals surface area contributed by atoms with E-state index in [1.165, 1.54) is 18.2 Å². The highest BCUT2D eigenvalue weighted by Gasteiger charge is 2.23. The summed E-state index contributed by atoms with van der Waals surface area (Å²) in [7, 11) is 0. The fourth-order valence-electron chi connectivity index (χ4n) is 2.12.